The number of carbonyl (C=O) groups is 1. The molecule has 140 valence electrons. The van der Waals surface area contributed by atoms with Crippen molar-refractivity contribution < 1.29 is 13.7 Å². The van der Waals surface area contributed by atoms with Crippen LogP contribution < -0.4 is 0 Å². The standard InChI is InChI=1S/C19H19FN4O2S/c1-13-4-5-14(11-15(13)20)19(25)24-8-6-23(7-9-24)12-17-21-18(22-26-17)16-3-2-10-27-16/h2-5,10-11H,6-9,12H2,1H3. The molecule has 1 amide bonds. The third-order valence-electron chi connectivity index (χ3n) is 4.65. The molecule has 0 N–H and O–H groups in total. The summed E-state index contributed by atoms with van der Waals surface area (Å²) in [7, 11) is 0. The zero-order chi connectivity index (χ0) is 18.8. The third-order valence-corrected chi connectivity index (χ3v) is 5.51. The van der Waals surface area contributed by atoms with E-state index in [-0.39, 0.29) is 11.7 Å². The second-order valence-electron chi connectivity index (χ2n) is 6.52. The molecule has 0 bridgehead atoms. The summed E-state index contributed by atoms with van der Waals surface area (Å²) in [6.07, 6.45) is 0. The van der Waals surface area contributed by atoms with Crippen LogP contribution in [-0.4, -0.2) is 52.0 Å². The van der Waals surface area contributed by atoms with Crippen molar-refractivity contribution in [3.63, 3.8) is 0 Å². The van der Waals surface area contributed by atoms with Crippen molar-refractivity contribution in [1.29, 1.82) is 0 Å². The predicted octanol–water partition coefficient (Wildman–Crippen LogP) is 3.20. The van der Waals surface area contributed by atoms with Gasteiger partial charge in [-0.25, -0.2) is 4.39 Å². The van der Waals surface area contributed by atoms with Crippen molar-refractivity contribution in [2.24, 2.45) is 0 Å². The minimum Gasteiger partial charge on any atom is -0.338 e. The molecule has 0 saturated carbocycles. The van der Waals surface area contributed by atoms with E-state index in [1.165, 1.54) is 6.07 Å². The number of hydrogen-bond acceptors (Lipinski definition) is 6. The van der Waals surface area contributed by atoms with E-state index in [9.17, 15) is 9.18 Å². The summed E-state index contributed by atoms with van der Waals surface area (Å²) in [6.45, 7) is 4.82. The normalized spacial score (nSPS) is 15.3. The Morgan fingerprint density at radius 2 is 2.07 bits per heavy atom. The average Bonchev–Trinajstić information content (AvgIpc) is 3.36. The summed E-state index contributed by atoms with van der Waals surface area (Å²) >= 11 is 1.57. The van der Waals surface area contributed by atoms with Gasteiger partial charge in [0.25, 0.3) is 5.91 Å². The number of thiophene rings is 1. The fourth-order valence-corrected chi connectivity index (χ4v) is 3.68. The molecule has 0 atom stereocenters. The first-order valence-corrected chi connectivity index (χ1v) is 9.62. The lowest BCUT2D eigenvalue weighted by molar-refractivity contribution is 0.0614. The summed E-state index contributed by atoms with van der Waals surface area (Å²) in [5, 5.41) is 5.99. The maximum absolute atomic E-state index is 13.7. The zero-order valence-electron chi connectivity index (χ0n) is 14.9. The van der Waals surface area contributed by atoms with Crippen molar-refractivity contribution in [2.45, 2.75) is 13.5 Å². The van der Waals surface area contributed by atoms with Crippen molar-refractivity contribution in [3.05, 3.63) is 58.5 Å². The molecular weight excluding hydrogens is 367 g/mol. The predicted molar refractivity (Wildman–Crippen MR) is 99.9 cm³/mol. The lowest BCUT2D eigenvalue weighted by Crippen LogP contribution is -2.48. The molecule has 6 nitrogen and oxygen atoms in total. The molecule has 1 aliphatic rings. The van der Waals surface area contributed by atoms with E-state index in [2.05, 4.69) is 15.0 Å². The van der Waals surface area contributed by atoms with Gasteiger partial charge in [0.1, 0.15) is 5.82 Å². The largest absolute Gasteiger partial charge is 0.338 e. The van der Waals surface area contributed by atoms with Crippen LogP contribution in [0.2, 0.25) is 0 Å². The molecule has 3 aromatic rings. The Hall–Kier alpha value is -2.58. The average molecular weight is 386 g/mol. The van der Waals surface area contributed by atoms with Crippen LogP contribution in [0.15, 0.2) is 40.2 Å². The topological polar surface area (TPSA) is 62.5 Å². The molecule has 0 radical (unpaired) electrons. The molecule has 3 heterocycles. The van der Waals surface area contributed by atoms with Crippen LogP contribution in [0.5, 0.6) is 0 Å². The van der Waals surface area contributed by atoms with Gasteiger partial charge in [0.05, 0.1) is 11.4 Å². The second-order valence-corrected chi connectivity index (χ2v) is 7.47. The Kier molecular flexibility index (Phi) is 5.00. The number of nitrogens with zero attached hydrogens (tertiary/aromatic N) is 4. The van der Waals surface area contributed by atoms with Crippen LogP contribution in [0, 0.1) is 12.7 Å². The van der Waals surface area contributed by atoms with Crippen molar-refractivity contribution >= 4 is 17.2 Å². The van der Waals surface area contributed by atoms with Crippen molar-refractivity contribution in [1.82, 2.24) is 19.9 Å². The first-order chi connectivity index (χ1) is 13.1. The fourth-order valence-electron chi connectivity index (χ4n) is 3.03. The molecule has 0 spiro atoms. The first kappa shape index (κ1) is 17.8. The Balaban J connectivity index is 1.33. The second kappa shape index (κ2) is 7.58. The van der Waals surface area contributed by atoms with Gasteiger partial charge in [-0.05, 0) is 36.1 Å². The lowest BCUT2D eigenvalue weighted by Gasteiger charge is -2.34. The third kappa shape index (κ3) is 3.91. The molecule has 8 heteroatoms. The van der Waals surface area contributed by atoms with Gasteiger partial charge in [-0.1, -0.05) is 17.3 Å². The molecule has 1 saturated heterocycles. The summed E-state index contributed by atoms with van der Waals surface area (Å²) < 4.78 is 19.1. The van der Waals surface area contributed by atoms with E-state index in [0.717, 1.165) is 4.88 Å². The molecule has 27 heavy (non-hydrogen) atoms. The number of aryl methyl sites for hydroxylation is 1. The van der Waals surface area contributed by atoms with E-state index >= 15 is 0 Å². The highest BCUT2D eigenvalue weighted by Gasteiger charge is 2.24. The molecule has 2 aromatic heterocycles. The fraction of sp³-hybridized carbons (Fsp3) is 0.316. The van der Waals surface area contributed by atoms with Gasteiger partial charge < -0.3 is 9.42 Å². The highest BCUT2D eigenvalue weighted by atomic mass is 32.1. The molecule has 4 rings (SSSR count). The summed E-state index contributed by atoms with van der Waals surface area (Å²) in [5.74, 6) is 0.692. The number of carbonyl (C=O) groups excluding carboxylic acids is 1. The maximum atomic E-state index is 13.7. The molecule has 1 fully saturated rings. The monoisotopic (exact) mass is 386 g/mol. The van der Waals surface area contributed by atoms with E-state index < -0.39 is 0 Å². The molecule has 0 unspecified atom stereocenters. The molecule has 1 aromatic carbocycles. The number of aromatic nitrogens is 2. The van der Waals surface area contributed by atoms with Crippen LogP contribution in [0.1, 0.15) is 21.8 Å². The highest BCUT2D eigenvalue weighted by Crippen LogP contribution is 2.22. The lowest BCUT2D eigenvalue weighted by atomic mass is 10.1. The van der Waals surface area contributed by atoms with Crippen LogP contribution in [0.3, 0.4) is 0 Å². The van der Waals surface area contributed by atoms with Gasteiger partial charge in [0.15, 0.2) is 0 Å². The molecular formula is C19H19FN4O2S. The summed E-state index contributed by atoms with van der Waals surface area (Å²) in [4.78, 5) is 21.9. The highest BCUT2D eigenvalue weighted by molar-refractivity contribution is 7.13. The smallest absolute Gasteiger partial charge is 0.254 e. The number of rotatable bonds is 4. The molecule has 0 aliphatic carbocycles. The molecule has 1 aliphatic heterocycles. The van der Waals surface area contributed by atoms with Crippen molar-refractivity contribution in [3.8, 4) is 10.7 Å². The number of piperazine rings is 1. The quantitative estimate of drug-likeness (QED) is 0.689. The number of halogens is 1. The van der Waals surface area contributed by atoms with Crippen LogP contribution >= 0.6 is 11.3 Å². The van der Waals surface area contributed by atoms with E-state index in [1.54, 1.807) is 35.3 Å². The first-order valence-electron chi connectivity index (χ1n) is 8.74. The zero-order valence-corrected chi connectivity index (χ0v) is 15.7. The number of hydrogen-bond donors (Lipinski definition) is 0. The maximum Gasteiger partial charge on any atom is 0.254 e. The minimum absolute atomic E-state index is 0.133. The Labute approximate surface area is 160 Å². The van der Waals surface area contributed by atoms with Gasteiger partial charge >= 0.3 is 0 Å². The SMILES string of the molecule is Cc1ccc(C(=O)N2CCN(Cc3nc(-c4cccs4)no3)CC2)cc1F. The van der Waals surface area contributed by atoms with Gasteiger partial charge in [0, 0.05) is 31.7 Å². The summed E-state index contributed by atoms with van der Waals surface area (Å²) in [6, 6.07) is 8.54. The minimum atomic E-state index is -0.350. The van der Waals surface area contributed by atoms with Crippen LogP contribution in [0.25, 0.3) is 10.7 Å². The Morgan fingerprint density at radius 3 is 2.78 bits per heavy atom. The van der Waals surface area contributed by atoms with Gasteiger partial charge in [-0.3, -0.25) is 9.69 Å². The van der Waals surface area contributed by atoms with Crippen molar-refractivity contribution in [2.75, 3.05) is 26.2 Å². The number of amides is 1. The van der Waals surface area contributed by atoms with Crippen LogP contribution in [0.4, 0.5) is 4.39 Å². The van der Waals surface area contributed by atoms with Crippen LogP contribution in [-0.2, 0) is 6.54 Å². The van der Waals surface area contributed by atoms with E-state index in [1.807, 2.05) is 17.5 Å². The summed E-state index contributed by atoms with van der Waals surface area (Å²) in [5.41, 5.74) is 0.932. The van der Waals surface area contributed by atoms with E-state index in [0.29, 0.717) is 55.6 Å². The Morgan fingerprint density at radius 1 is 1.26 bits per heavy atom. The van der Waals surface area contributed by atoms with Gasteiger partial charge in [0.2, 0.25) is 11.7 Å². The number of benzene rings is 1. The van der Waals surface area contributed by atoms with E-state index in [4.69, 9.17) is 4.52 Å². The van der Waals surface area contributed by atoms with Gasteiger partial charge in [-0.2, -0.15) is 4.98 Å². The van der Waals surface area contributed by atoms with Gasteiger partial charge in [-0.15, -0.1) is 11.3 Å². The Bertz CT molecular complexity index is 933.